The molecule has 2 aromatic heterocycles. The minimum atomic E-state index is -0.137. The van der Waals surface area contributed by atoms with Crippen molar-refractivity contribution in [2.45, 2.75) is 13.3 Å². The molecule has 4 aromatic rings. The Morgan fingerprint density at radius 2 is 1.77 bits per heavy atom. The third-order valence-corrected chi connectivity index (χ3v) is 4.90. The summed E-state index contributed by atoms with van der Waals surface area (Å²) in [6.07, 6.45) is 2.13. The van der Waals surface area contributed by atoms with Crippen LogP contribution in [0.2, 0.25) is 0 Å². The van der Waals surface area contributed by atoms with E-state index in [2.05, 4.69) is 5.32 Å². The van der Waals surface area contributed by atoms with Gasteiger partial charge in [-0.15, -0.1) is 0 Å². The number of hydrogen-bond donors (Lipinski definition) is 1. The van der Waals surface area contributed by atoms with Gasteiger partial charge in [0.15, 0.2) is 11.5 Å². The van der Waals surface area contributed by atoms with Gasteiger partial charge in [0.1, 0.15) is 17.2 Å². The van der Waals surface area contributed by atoms with E-state index in [0.717, 1.165) is 28.0 Å². The highest BCUT2D eigenvalue weighted by Crippen LogP contribution is 2.30. The molecule has 0 spiro atoms. The molecule has 0 aliphatic rings. The van der Waals surface area contributed by atoms with Crippen molar-refractivity contribution in [1.82, 2.24) is 9.38 Å². The van der Waals surface area contributed by atoms with Gasteiger partial charge in [0.25, 0.3) is 0 Å². The van der Waals surface area contributed by atoms with Crippen molar-refractivity contribution in [3.05, 3.63) is 78.0 Å². The molecule has 0 aliphatic carbocycles. The van der Waals surface area contributed by atoms with Crippen LogP contribution in [-0.2, 0) is 11.2 Å². The molecule has 0 radical (unpaired) electrons. The number of aryl methyl sites for hydroxylation is 1. The standard InChI is InChI=1S/C24H23N3O3/c1-16-11-12-27-21(13-16)25-23(18-7-5-4-6-8-18)24(27)26-22(28)15-17-9-10-19(29-2)20(14-17)30-3/h4-14H,15H2,1-3H3,(H,26,28). The topological polar surface area (TPSA) is 64.9 Å². The summed E-state index contributed by atoms with van der Waals surface area (Å²) >= 11 is 0. The number of amides is 1. The third kappa shape index (κ3) is 3.85. The number of aromatic nitrogens is 2. The van der Waals surface area contributed by atoms with Crippen LogP contribution in [0.3, 0.4) is 0 Å². The fourth-order valence-corrected chi connectivity index (χ4v) is 3.42. The fourth-order valence-electron chi connectivity index (χ4n) is 3.42. The molecular weight excluding hydrogens is 378 g/mol. The number of fused-ring (bicyclic) bond motifs is 1. The predicted molar refractivity (Wildman–Crippen MR) is 117 cm³/mol. The number of methoxy groups -OCH3 is 2. The number of imidazole rings is 1. The van der Waals surface area contributed by atoms with E-state index in [4.69, 9.17) is 14.5 Å². The van der Waals surface area contributed by atoms with E-state index in [1.165, 1.54) is 0 Å². The molecule has 1 amide bonds. The quantitative estimate of drug-likeness (QED) is 0.516. The van der Waals surface area contributed by atoms with Gasteiger partial charge in [-0.05, 0) is 42.3 Å². The van der Waals surface area contributed by atoms with Gasteiger partial charge < -0.3 is 14.8 Å². The van der Waals surface area contributed by atoms with E-state index >= 15 is 0 Å². The second kappa shape index (κ2) is 8.29. The number of benzene rings is 2. The number of carbonyl (C=O) groups excluding carboxylic acids is 1. The van der Waals surface area contributed by atoms with Crippen LogP contribution in [0.1, 0.15) is 11.1 Å². The zero-order chi connectivity index (χ0) is 21.1. The molecule has 2 aromatic carbocycles. The summed E-state index contributed by atoms with van der Waals surface area (Å²) in [4.78, 5) is 17.7. The number of anilines is 1. The van der Waals surface area contributed by atoms with Gasteiger partial charge in [0, 0.05) is 11.8 Å². The van der Waals surface area contributed by atoms with Crippen LogP contribution in [0, 0.1) is 6.92 Å². The van der Waals surface area contributed by atoms with Crippen molar-refractivity contribution in [1.29, 1.82) is 0 Å². The molecule has 152 valence electrons. The van der Waals surface area contributed by atoms with Crippen molar-refractivity contribution in [2.75, 3.05) is 19.5 Å². The van der Waals surface area contributed by atoms with Gasteiger partial charge in [-0.1, -0.05) is 36.4 Å². The third-order valence-electron chi connectivity index (χ3n) is 4.90. The number of ether oxygens (including phenoxy) is 2. The Bertz CT molecular complexity index is 1200. The Morgan fingerprint density at radius 1 is 1.00 bits per heavy atom. The van der Waals surface area contributed by atoms with Crippen LogP contribution in [0.5, 0.6) is 11.5 Å². The van der Waals surface area contributed by atoms with Crippen LogP contribution in [0.25, 0.3) is 16.9 Å². The van der Waals surface area contributed by atoms with Gasteiger partial charge in [-0.3, -0.25) is 9.20 Å². The van der Waals surface area contributed by atoms with Gasteiger partial charge in [0.05, 0.1) is 20.6 Å². The summed E-state index contributed by atoms with van der Waals surface area (Å²) < 4.78 is 12.5. The van der Waals surface area contributed by atoms with Crippen LogP contribution < -0.4 is 14.8 Å². The molecule has 0 aliphatic heterocycles. The lowest BCUT2D eigenvalue weighted by molar-refractivity contribution is -0.115. The number of nitrogens with zero attached hydrogens (tertiary/aromatic N) is 2. The van der Waals surface area contributed by atoms with Crippen LogP contribution in [0.4, 0.5) is 5.82 Å². The molecule has 0 unspecified atom stereocenters. The summed E-state index contributed by atoms with van der Waals surface area (Å²) in [5.74, 6) is 1.74. The number of carbonyl (C=O) groups is 1. The zero-order valence-electron chi connectivity index (χ0n) is 17.2. The predicted octanol–water partition coefficient (Wildman–Crippen LogP) is 4.51. The lowest BCUT2D eigenvalue weighted by Crippen LogP contribution is -2.16. The van der Waals surface area contributed by atoms with Crippen molar-refractivity contribution >= 4 is 17.4 Å². The van der Waals surface area contributed by atoms with Crippen LogP contribution in [0.15, 0.2) is 66.9 Å². The molecule has 0 atom stereocenters. The second-order valence-corrected chi connectivity index (χ2v) is 7.02. The Morgan fingerprint density at radius 3 is 2.50 bits per heavy atom. The summed E-state index contributed by atoms with van der Waals surface area (Å²) in [6, 6.07) is 19.3. The Hall–Kier alpha value is -3.80. The normalized spacial score (nSPS) is 10.8. The summed E-state index contributed by atoms with van der Waals surface area (Å²) in [6.45, 7) is 2.02. The van der Waals surface area contributed by atoms with Crippen LogP contribution in [-0.4, -0.2) is 29.5 Å². The average Bonchev–Trinajstić information content (AvgIpc) is 3.11. The Balaban J connectivity index is 1.67. The van der Waals surface area contributed by atoms with Crippen molar-refractivity contribution < 1.29 is 14.3 Å². The summed E-state index contributed by atoms with van der Waals surface area (Å²) in [5, 5.41) is 3.06. The highest BCUT2D eigenvalue weighted by Gasteiger charge is 2.17. The van der Waals surface area contributed by atoms with E-state index in [1.807, 2.05) is 72.1 Å². The molecule has 2 heterocycles. The molecule has 0 bridgehead atoms. The maximum Gasteiger partial charge on any atom is 0.229 e. The largest absolute Gasteiger partial charge is 0.493 e. The molecule has 6 nitrogen and oxygen atoms in total. The van der Waals surface area contributed by atoms with Crippen molar-refractivity contribution in [3.63, 3.8) is 0 Å². The van der Waals surface area contributed by atoms with Gasteiger partial charge >= 0.3 is 0 Å². The van der Waals surface area contributed by atoms with Gasteiger partial charge in [-0.2, -0.15) is 0 Å². The first-order valence-corrected chi connectivity index (χ1v) is 9.64. The minimum absolute atomic E-state index is 0.137. The number of hydrogen-bond acceptors (Lipinski definition) is 4. The number of rotatable bonds is 6. The SMILES string of the molecule is COc1ccc(CC(=O)Nc2c(-c3ccccc3)nc3cc(C)ccn23)cc1OC. The zero-order valence-corrected chi connectivity index (χ0v) is 17.2. The average molecular weight is 401 g/mol. The van der Waals surface area contributed by atoms with E-state index in [9.17, 15) is 4.79 Å². The first-order chi connectivity index (χ1) is 14.6. The Labute approximate surface area is 175 Å². The highest BCUT2D eigenvalue weighted by molar-refractivity contribution is 5.95. The fraction of sp³-hybridized carbons (Fsp3) is 0.167. The first kappa shape index (κ1) is 19.5. The first-order valence-electron chi connectivity index (χ1n) is 9.64. The molecule has 0 fully saturated rings. The molecule has 6 heteroatoms. The minimum Gasteiger partial charge on any atom is -0.493 e. The molecule has 4 rings (SSSR count). The van der Waals surface area contributed by atoms with Crippen molar-refractivity contribution in [2.24, 2.45) is 0 Å². The van der Waals surface area contributed by atoms with E-state index in [1.54, 1.807) is 20.3 Å². The number of pyridine rings is 1. The van der Waals surface area contributed by atoms with E-state index < -0.39 is 0 Å². The lowest BCUT2D eigenvalue weighted by atomic mass is 10.1. The Kier molecular flexibility index (Phi) is 5.39. The van der Waals surface area contributed by atoms with E-state index in [-0.39, 0.29) is 12.3 Å². The van der Waals surface area contributed by atoms with E-state index in [0.29, 0.717) is 17.3 Å². The molecule has 0 saturated carbocycles. The number of nitrogens with one attached hydrogen (secondary N) is 1. The monoisotopic (exact) mass is 401 g/mol. The molecule has 30 heavy (non-hydrogen) atoms. The summed E-state index contributed by atoms with van der Waals surface area (Å²) in [7, 11) is 3.16. The molecule has 1 N–H and O–H groups in total. The highest BCUT2D eigenvalue weighted by atomic mass is 16.5. The van der Waals surface area contributed by atoms with Gasteiger partial charge in [0.2, 0.25) is 5.91 Å². The maximum absolute atomic E-state index is 12.9. The molecule has 0 saturated heterocycles. The lowest BCUT2D eigenvalue weighted by Gasteiger charge is -2.11. The van der Waals surface area contributed by atoms with Gasteiger partial charge in [-0.25, -0.2) is 4.98 Å². The maximum atomic E-state index is 12.9. The summed E-state index contributed by atoms with van der Waals surface area (Å²) in [5.41, 5.74) is 4.41. The second-order valence-electron chi connectivity index (χ2n) is 7.02. The van der Waals surface area contributed by atoms with Crippen LogP contribution >= 0.6 is 0 Å². The molecular formula is C24H23N3O3. The smallest absolute Gasteiger partial charge is 0.229 e. The van der Waals surface area contributed by atoms with Crippen molar-refractivity contribution in [3.8, 4) is 22.8 Å².